The van der Waals surface area contributed by atoms with Crippen molar-refractivity contribution < 1.29 is 4.42 Å². The van der Waals surface area contributed by atoms with Gasteiger partial charge < -0.3 is 4.42 Å². The van der Waals surface area contributed by atoms with Gasteiger partial charge in [0.2, 0.25) is 0 Å². The van der Waals surface area contributed by atoms with Crippen molar-refractivity contribution in [3.63, 3.8) is 0 Å². The van der Waals surface area contributed by atoms with Crippen LogP contribution in [0.15, 0.2) is 126 Å². The Morgan fingerprint density at radius 3 is 2.14 bits per heavy atom. The maximum absolute atomic E-state index is 6.29. The first kappa shape index (κ1) is 23.4. The third-order valence-electron chi connectivity index (χ3n) is 9.02. The van der Waals surface area contributed by atoms with Crippen molar-refractivity contribution in [1.82, 2.24) is 9.97 Å². The highest BCUT2D eigenvalue weighted by Crippen LogP contribution is 2.48. The molecule has 0 saturated heterocycles. The molecule has 0 aliphatic heterocycles. The Balaban J connectivity index is 1.16. The van der Waals surface area contributed by atoms with Gasteiger partial charge in [0.15, 0.2) is 0 Å². The molecule has 0 saturated carbocycles. The third kappa shape index (κ3) is 3.22. The summed E-state index contributed by atoms with van der Waals surface area (Å²) in [7, 11) is 0. The minimum atomic E-state index is -0.154. The summed E-state index contributed by atoms with van der Waals surface area (Å²) in [5.74, 6) is 0. The maximum Gasteiger partial charge on any atom is 0.143 e. The molecule has 3 heteroatoms. The second kappa shape index (κ2) is 8.37. The Labute approximate surface area is 243 Å². The van der Waals surface area contributed by atoms with Crippen molar-refractivity contribution in [3.8, 4) is 33.5 Å². The highest BCUT2D eigenvalue weighted by atomic mass is 16.3. The number of benzene rings is 5. The molecular weight excluding hydrogens is 512 g/mol. The molecule has 0 bridgehead atoms. The van der Waals surface area contributed by atoms with Crippen molar-refractivity contribution in [1.29, 1.82) is 0 Å². The van der Waals surface area contributed by atoms with Gasteiger partial charge >= 0.3 is 0 Å². The number of furan rings is 1. The summed E-state index contributed by atoms with van der Waals surface area (Å²) in [4.78, 5) is 10.5. The molecule has 0 N–H and O–H groups in total. The molecule has 0 spiro atoms. The van der Waals surface area contributed by atoms with E-state index in [1.807, 2.05) is 12.1 Å². The zero-order valence-electron chi connectivity index (χ0n) is 23.3. The van der Waals surface area contributed by atoms with E-state index in [4.69, 9.17) is 14.4 Å². The number of para-hydroxylation sites is 2. The van der Waals surface area contributed by atoms with E-state index >= 15 is 0 Å². The van der Waals surface area contributed by atoms with Crippen LogP contribution >= 0.6 is 0 Å². The van der Waals surface area contributed by atoms with Crippen molar-refractivity contribution >= 4 is 43.7 Å². The Morgan fingerprint density at radius 1 is 0.548 bits per heavy atom. The maximum atomic E-state index is 6.29. The number of aromatic nitrogens is 2. The molecule has 0 radical (unpaired) electrons. The van der Waals surface area contributed by atoms with Gasteiger partial charge in [-0.1, -0.05) is 117 Å². The monoisotopic (exact) mass is 538 g/mol. The van der Waals surface area contributed by atoms with Gasteiger partial charge in [-0.2, -0.15) is 0 Å². The molecule has 0 unspecified atom stereocenters. The second-order valence-corrected chi connectivity index (χ2v) is 11.8. The zero-order valence-corrected chi connectivity index (χ0v) is 23.3. The third-order valence-corrected chi connectivity index (χ3v) is 9.02. The molecule has 0 amide bonds. The summed E-state index contributed by atoms with van der Waals surface area (Å²) in [5, 5.41) is 4.50. The lowest BCUT2D eigenvalue weighted by Gasteiger charge is -2.20. The van der Waals surface area contributed by atoms with Gasteiger partial charge in [0.05, 0.1) is 22.4 Å². The number of pyridine rings is 2. The first-order valence-corrected chi connectivity index (χ1v) is 14.4. The second-order valence-electron chi connectivity index (χ2n) is 11.8. The molecule has 0 atom stereocenters. The van der Waals surface area contributed by atoms with Crippen molar-refractivity contribution in [2.24, 2.45) is 0 Å². The van der Waals surface area contributed by atoms with E-state index in [-0.39, 0.29) is 5.41 Å². The lowest BCUT2D eigenvalue weighted by Crippen LogP contribution is -2.16. The minimum absolute atomic E-state index is 0.154. The van der Waals surface area contributed by atoms with Gasteiger partial charge in [-0.25, -0.2) is 9.97 Å². The van der Waals surface area contributed by atoms with Crippen LogP contribution in [0.5, 0.6) is 0 Å². The normalized spacial score (nSPS) is 13.7. The van der Waals surface area contributed by atoms with E-state index in [0.717, 1.165) is 71.8 Å². The van der Waals surface area contributed by atoms with Crippen molar-refractivity contribution in [2.45, 2.75) is 19.3 Å². The number of fused-ring (bicyclic) bond motifs is 9. The van der Waals surface area contributed by atoms with E-state index < -0.39 is 0 Å². The van der Waals surface area contributed by atoms with Crippen LogP contribution in [0.2, 0.25) is 0 Å². The Hall–Kier alpha value is -5.28. The summed E-state index contributed by atoms with van der Waals surface area (Å²) < 4.78 is 6.29. The lowest BCUT2D eigenvalue weighted by molar-refractivity contribution is 0.640. The van der Waals surface area contributed by atoms with E-state index in [1.54, 1.807) is 0 Å². The fraction of sp³-hybridized carbons (Fsp3) is 0.0769. The SMILES string of the molecule is CC1(C)c2ccccc2-c2cc3ccc4ccc(-c5ccc(-c6cccc7c6oc6ccccc67)cc5)nc4c3nc21. The largest absolute Gasteiger partial charge is 0.455 e. The number of nitrogens with zero attached hydrogens (tertiary/aromatic N) is 2. The van der Waals surface area contributed by atoms with Gasteiger partial charge in [-0.05, 0) is 34.9 Å². The fourth-order valence-electron chi connectivity index (χ4n) is 6.85. The summed E-state index contributed by atoms with van der Waals surface area (Å²) in [6.45, 7) is 4.54. The van der Waals surface area contributed by atoms with E-state index in [2.05, 4.69) is 123 Å². The highest BCUT2D eigenvalue weighted by Gasteiger charge is 2.37. The van der Waals surface area contributed by atoms with Crippen LogP contribution in [0.25, 0.3) is 77.3 Å². The van der Waals surface area contributed by atoms with Crippen LogP contribution < -0.4 is 0 Å². The fourth-order valence-corrected chi connectivity index (χ4v) is 6.85. The average Bonchev–Trinajstić information content (AvgIpc) is 3.52. The first-order valence-electron chi connectivity index (χ1n) is 14.4. The standard InChI is InChI=1S/C39H26N2O/c1-39(2)32-12-5-3-8-28(32)31-22-26-19-18-25-20-21-33(40-35(25)36(26)41-38(31)39)24-16-14-23(15-17-24)27-10-7-11-30-29-9-4-6-13-34(29)42-37(27)30/h3-22H,1-2H3. The van der Waals surface area contributed by atoms with Crippen LogP contribution in [0, 0.1) is 0 Å². The zero-order chi connectivity index (χ0) is 28.0. The number of hydrogen-bond acceptors (Lipinski definition) is 3. The Bertz CT molecular complexity index is 2380. The van der Waals surface area contributed by atoms with Crippen molar-refractivity contribution in [3.05, 3.63) is 133 Å². The summed E-state index contributed by atoms with van der Waals surface area (Å²) in [5.41, 5.74) is 12.8. The van der Waals surface area contributed by atoms with E-state index in [9.17, 15) is 0 Å². The summed E-state index contributed by atoms with van der Waals surface area (Å²) >= 11 is 0. The minimum Gasteiger partial charge on any atom is -0.455 e. The summed E-state index contributed by atoms with van der Waals surface area (Å²) in [6.07, 6.45) is 0. The topological polar surface area (TPSA) is 38.9 Å². The average molecular weight is 539 g/mol. The lowest BCUT2D eigenvalue weighted by atomic mass is 9.85. The first-order chi connectivity index (χ1) is 20.6. The molecule has 1 aliphatic rings. The molecule has 1 aliphatic carbocycles. The Kier molecular flexibility index (Phi) is 4.67. The summed E-state index contributed by atoms with van der Waals surface area (Å²) in [6, 6.07) is 42.8. The van der Waals surface area contributed by atoms with Crippen LogP contribution in [0.1, 0.15) is 25.1 Å². The van der Waals surface area contributed by atoms with Gasteiger partial charge in [-0.15, -0.1) is 0 Å². The van der Waals surface area contributed by atoms with Gasteiger partial charge in [0, 0.05) is 43.7 Å². The van der Waals surface area contributed by atoms with Crippen LogP contribution in [0.4, 0.5) is 0 Å². The van der Waals surface area contributed by atoms with Crippen LogP contribution in [-0.2, 0) is 5.41 Å². The molecule has 0 fully saturated rings. The molecule has 8 aromatic rings. The van der Waals surface area contributed by atoms with E-state index in [1.165, 1.54) is 16.7 Å². The number of hydrogen-bond donors (Lipinski definition) is 0. The molecule has 42 heavy (non-hydrogen) atoms. The molecule has 5 aromatic carbocycles. The quantitative estimate of drug-likeness (QED) is 0.206. The van der Waals surface area contributed by atoms with Crippen LogP contribution in [-0.4, -0.2) is 9.97 Å². The molecule has 3 aromatic heterocycles. The Morgan fingerprint density at radius 2 is 1.24 bits per heavy atom. The molecule has 198 valence electrons. The van der Waals surface area contributed by atoms with Gasteiger partial charge in [0.25, 0.3) is 0 Å². The van der Waals surface area contributed by atoms with Crippen molar-refractivity contribution in [2.75, 3.05) is 0 Å². The molecular formula is C39H26N2O. The van der Waals surface area contributed by atoms with E-state index in [0.29, 0.717) is 0 Å². The predicted molar refractivity (Wildman–Crippen MR) is 173 cm³/mol. The molecule has 3 nitrogen and oxygen atoms in total. The molecule has 9 rings (SSSR count). The highest BCUT2D eigenvalue weighted by molar-refractivity contribution is 6.09. The molecule has 3 heterocycles. The number of rotatable bonds is 2. The smallest absolute Gasteiger partial charge is 0.143 e. The van der Waals surface area contributed by atoms with Gasteiger partial charge in [0.1, 0.15) is 11.2 Å². The van der Waals surface area contributed by atoms with Gasteiger partial charge in [-0.3, -0.25) is 0 Å². The van der Waals surface area contributed by atoms with Crippen LogP contribution in [0.3, 0.4) is 0 Å². The predicted octanol–water partition coefficient (Wildman–Crippen LogP) is 10.3.